The fourth-order valence-corrected chi connectivity index (χ4v) is 5.01. The second kappa shape index (κ2) is 7.51. The molecule has 3 nitrogen and oxygen atoms in total. The molecule has 35 heavy (non-hydrogen) atoms. The lowest BCUT2D eigenvalue weighted by Crippen LogP contribution is -1.82. The molecule has 0 bridgehead atoms. The van der Waals surface area contributed by atoms with Crippen molar-refractivity contribution in [2.45, 2.75) is 13.8 Å². The minimum Gasteiger partial charge on any atom is -0.456 e. The summed E-state index contributed by atoms with van der Waals surface area (Å²) >= 11 is 0. The van der Waals surface area contributed by atoms with E-state index in [0.29, 0.717) is 0 Å². The van der Waals surface area contributed by atoms with Crippen molar-refractivity contribution in [2.75, 3.05) is 0 Å². The van der Waals surface area contributed by atoms with E-state index < -0.39 is 0 Å². The molecule has 0 N–H and O–H groups in total. The van der Waals surface area contributed by atoms with Gasteiger partial charge in [-0.1, -0.05) is 72.8 Å². The van der Waals surface area contributed by atoms with Crippen LogP contribution in [0.3, 0.4) is 0 Å². The normalized spacial score (nSPS) is 11.7. The summed E-state index contributed by atoms with van der Waals surface area (Å²) in [6.45, 7) is 4.18. The molecular formula is C32H22O3. The number of hydrogen-bond acceptors (Lipinski definition) is 3. The average molecular weight is 455 g/mol. The molecule has 0 saturated carbocycles. The zero-order valence-electron chi connectivity index (χ0n) is 19.5. The van der Waals surface area contributed by atoms with Gasteiger partial charge in [-0.25, -0.2) is 0 Å². The average Bonchev–Trinajstić information content (AvgIpc) is 3.62. The predicted octanol–water partition coefficient (Wildman–Crippen LogP) is 9.54. The summed E-state index contributed by atoms with van der Waals surface area (Å²) in [7, 11) is 0. The van der Waals surface area contributed by atoms with Gasteiger partial charge in [-0.3, -0.25) is 0 Å². The highest BCUT2D eigenvalue weighted by Crippen LogP contribution is 2.39. The van der Waals surface area contributed by atoms with Crippen LogP contribution < -0.4 is 0 Å². The van der Waals surface area contributed by atoms with Crippen LogP contribution in [0.5, 0.6) is 0 Å². The Bertz CT molecular complexity index is 1830. The maximum atomic E-state index is 6.46. The van der Waals surface area contributed by atoms with Crippen molar-refractivity contribution in [2.24, 2.45) is 0 Å². The lowest BCUT2D eigenvalue weighted by molar-refractivity contribution is 0.619. The van der Waals surface area contributed by atoms with Crippen molar-refractivity contribution in [1.82, 2.24) is 0 Å². The first-order valence-corrected chi connectivity index (χ1v) is 11.8. The van der Waals surface area contributed by atoms with Gasteiger partial charge in [0.2, 0.25) is 0 Å². The Kier molecular flexibility index (Phi) is 4.27. The molecule has 7 aromatic rings. The lowest BCUT2D eigenvalue weighted by atomic mass is 10.0. The molecule has 3 heterocycles. The molecule has 0 aliphatic carbocycles. The molecule has 4 aromatic carbocycles. The number of fused-ring (bicyclic) bond motifs is 3. The second-order valence-corrected chi connectivity index (χ2v) is 9.05. The molecule has 0 spiro atoms. The molecule has 0 atom stereocenters. The lowest BCUT2D eigenvalue weighted by Gasteiger charge is -2.04. The molecule has 0 fully saturated rings. The smallest absolute Gasteiger partial charge is 0.138 e. The Hall–Kier alpha value is -4.50. The van der Waals surface area contributed by atoms with E-state index in [0.717, 1.165) is 78.0 Å². The first kappa shape index (κ1) is 19.9. The van der Waals surface area contributed by atoms with E-state index >= 15 is 0 Å². The molecule has 0 saturated heterocycles. The molecule has 0 amide bonds. The van der Waals surface area contributed by atoms with E-state index in [9.17, 15) is 0 Å². The third-order valence-corrected chi connectivity index (χ3v) is 6.88. The summed E-state index contributed by atoms with van der Waals surface area (Å²) in [5.41, 5.74) is 7.94. The maximum Gasteiger partial charge on any atom is 0.138 e. The first-order chi connectivity index (χ1) is 17.2. The van der Waals surface area contributed by atoms with Crippen LogP contribution in [0.25, 0.3) is 66.9 Å². The van der Waals surface area contributed by atoms with Gasteiger partial charge in [0.1, 0.15) is 34.0 Å². The Morgan fingerprint density at radius 2 is 1.00 bits per heavy atom. The fraction of sp³-hybridized carbons (Fsp3) is 0.0625. The summed E-state index contributed by atoms with van der Waals surface area (Å²) in [6.07, 6.45) is 0. The Morgan fingerprint density at radius 3 is 1.69 bits per heavy atom. The fourth-order valence-electron chi connectivity index (χ4n) is 5.01. The molecule has 3 aromatic heterocycles. The van der Waals surface area contributed by atoms with Crippen LogP contribution in [0, 0.1) is 13.8 Å². The number of furan rings is 3. The van der Waals surface area contributed by atoms with E-state index in [1.54, 1.807) is 0 Å². The Balaban J connectivity index is 1.34. The SMILES string of the molecule is Cc1c(-c2cc3ccc(-c4cc5ccccc5o4)c(C)c3o2)ccc2cc(-c3ccccc3)oc12. The van der Waals surface area contributed by atoms with Gasteiger partial charge in [-0.2, -0.15) is 0 Å². The van der Waals surface area contributed by atoms with Gasteiger partial charge in [0, 0.05) is 44.0 Å². The van der Waals surface area contributed by atoms with E-state index in [4.69, 9.17) is 13.3 Å². The van der Waals surface area contributed by atoms with Gasteiger partial charge >= 0.3 is 0 Å². The summed E-state index contributed by atoms with van der Waals surface area (Å²) in [5.74, 6) is 2.56. The molecule has 3 heteroatoms. The van der Waals surface area contributed by atoms with Crippen molar-refractivity contribution in [3.8, 4) is 34.0 Å². The van der Waals surface area contributed by atoms with Gasteiger partial charge in [0.25, 0.3) is 0 Å². The molecular weight excluding hydrogens is 432 g/mol. The molecule has 0 aliphatic rings. The van der Waals surface area contributed by atoms with Crippen LogP contribution in [0.1, 0.15) is 11.1 Å². The van der Waals surface area contributed by atoms with E-state index in [1.807, 2.05) is 36.4 Å². The van der Waals surface area contributed by atoms with E-state index in [-0.39, 0.29) is 0 Å². The van der Waals surface area contributed by atoms with E-state index in [1.165, 1.54) is 0 Å². The minimum absolute atomic E-state index is 0.835. The van der Waals surface area contributed by atoms with Crippen molar-refractivity contribution < 1.29 is 13.3 Å². The van der Waals surface area contributed by atoms with Gasteiger partial charge in [0.15, 0.2) is 0 Å². The van der Waals surface area contributed by atoms with Crippen LogP contribution in [0.4, 0.5) is 0 Å². The molecule has 168 valence electrons. The number of hydrogen-bond donors (Lipinski definition) is 0. The van der Waals surface area contributed by atoms with Gasteiger partial charge in [-0.15, -0.1) is 0 Å². The highest BCUT2D eigenvalue weighted by atomic mass is 16.3. The van der Waals surface area contributed by atoms with Crippen LogP contribution in [-0.2, 0) is 0 Å². The first-order valence-electron chi connectivity index (χ1n) is 11.8. The molecule has 0 unspecified atom stereocenters. The van der Waals surface area contributed by atoms with E-state index in [2.05, 4.69) is 74.5 Å². The van der Waals surface area contributed by atoms with Crippen molar-refractivity contribution in [3.05, 3.63) is 108 Å². The summed E-state index contributed by atoms with van der Waals surface area (Å²) in [4.78, 5) is 0. The van der Waals surface area contributed by atoms with Crippen molar-refractivity contribution in [3.63, 3.8) is 0 Å². The van der Waals surface area contributed by atoms with Gasteiger partial charge < -0.3 is 13.3 Å². The third-order valence-electron chi connectivity index (χ3n) is 6.88. The predicted molar refractivity (Wildman–Crippen MR) is 142 cm³/mol. The number of benzene rings is 4. The molecule has 0 aliphatic heterocycles. The van der Waals surface area contributed by atoms with Crippen molar-refractivity contribution >= 4 is 32.9 Å². The highest BCUT2D eigenvalue weighted by Gasteiger charge is 2.18. The van der Waals surface area contributed by atoms with Gasteiger partial charge in [0.05, 0.1) is 0 Å². The zero-order chi connectivity index (χ0) is 23.5. The van der Waals surface area contributed by atoms with Gasteiger partial charge in [-0.05, 0) is 38.1 Å². The van der Waals surface area contributed by atoms with Crippen LogP contribution >= 0.6 is 0 Å². The summed E-state index contributed by atoms with van der Waals surface area (Å²) < 4.78 is 18.9. The summed E-state index contributed by atoms with van der Waals surface area (Å²) in [5, 5.41) is 3.25. The highest BCUT2D eigenvalue weighted by molar-refractivity contribution is 5.94. The quantitative estimate of drug-likeness (QED) is 0.267. The van der Waals surface area contributed by atoms with Crippen LogP contribution in [0.15, 0.2) is 110 Å². The zero-order valence-corrected chi connectivity index (χ0v) is 19.5. The number of para-hydroxylation sites is 1. The third kappa shape index (κ3) is 3.12. The Labute approximate surface area is 202 Å². The van der Waals surface area contributed by atoms with Crippen LogP contribution in [0.2, 0.25) is 0 Å². The minimum atomic E-state index is 0.835. The monoisotopic (exact) mass is 454 g/mol. The molecule has 0 radical (unpaired) electrons. The maximum absolute atomic E-state index is 6.46. The number of aryl methyl sites for hydroxylation is 2. The topological polar surface area (TPSA) is 39.4 Å². The molecule has 7 rings (SSSR count). The van der Waals surface area contributed by atoms with Crippen molar-refractivity contribution in [1.29, 1.82) is 0 Å². The number of rotatable bonds is 3. The largest absolute Gasteiger partial charge is 0.456 e. The summed E-state index contributed by atoms with van der Waals surface area (Å²) in [6, 6.07) is 33.0. The second-order valence-electron chi connectivity index (χ2n) is 9.05. The standard InChI is InChI=1S/C32H22O3/c1-19-25(29-16-22-10-6-7-11-27(22)33-29)14-13-24-18-30(35-32(19)24)26-15-12-23-17-28(34-31(23)20(26)2)21-8-4-3-5-9-21/h3-18H,1-2H3. The Morgan fingerprint density at radius 1 is 0.457 bits per heavy atom. The van der Waals surface area contributed by atoms with Crippen LogP contribution in [-0.4, -0.2) is 0 Å².